The highest BCUT2D eigenvalue weighted by Gasteiger charge is 2.42. The molecule has 0 aromatic carbocycles. The number of allylic oxidation sites excluding steroid dienone is 1. The molecule has 0 atom stereocenters. The lowest BCUT2D eigenvalue weighted by molar-refractivity contribution is -0.118. The number of rotatable bonds is 3. The highest BCUT2D eigenvalue weighted by molar-refractivity contribution is 9.15. The molecule has 0 N–H and O–H groups in total. The normalized spacial score (nSPS) is 24.4. The fraction of sp³-hybridized carbons (Fsp3) is 0.697. The van der Waals surface area contributed by atoms with Crippen molar-refractivity contribution in [1.82, 2.24) is 14.4 Å². The Morgan fingerprint density at radius 3 is 2.08 bits per heavy atom. The zero-order valence-electron chi connectivity index (χ0n) is 23.0. The van der Waals surface area contributed by atoms with E-state index in [2.05, 4.69) is 37.6 Å². The molecule has 0 saturated heterocycles. The Kier molecular flexibility index (Phi) is 9.46. The Balaban J connectivity index is 0.000000185. The van der Waals surface area contributed by atoms with Crippen molar-refractivity contribution < 1.29 is 9.00 Å². The highest BCUT2D eigenvalue weighted by atomic mass is 79.9. The molecule has 5 nitrogen and oxygen atoms in total. The number of halogens is 1. The van der Waals surface area contributed by atoms with Crippen LogP contribution in [0.3, 0.4) is 0 Å². The van der Waals surface area contributed by atoms with Gasteiger partial charge in [-0.25, -0.2) is 4.98 Å². The predicted molar refractivity (Wildman–Crippen MR) is 174 cm³/mol. The molecule has 2 aromatic heterocycles. The topological polar surface area (TPSA) is 64.3 Å². The lowest BCUT2D eigenvalue weighted by Crippen LogP contribution is -2.36. The largest absolute Gasteiger partial charge is 0.296 e. The molecular weight excluding hydrogens is 582 g/mol. The number of aromatic nitrogens is 3. The summed E-state index contributed by atoms with van der Waals surface area (Å²) in [5, 5.41) is 1.47. The number of Topliss-reactive ketones (excluding diaryl/α,β-unsaturated/α-hetero) is 1. The van der Waals surface area contributed by atoms with Crippen LogP contribution in [0.25, 0.3) is 10.1 Å². The van der Waals surface area contributed by atoms with Crippen molar-refractivity contribution in [1.29, 1.82) is 0 Å². The molecule has 0 amide bonds. The summed E-state index contributed by atoms with van der Waals surface area (Å²) < 4.78 is 14.9. The summed E-state index contributed by atoms with van der Waals surface area (Å²) in [4.78, 5) is 21.4. The number of hydrogen-bond acceptors (Lipinski definition) is 4. The minimum atomic E-state index is -2.02. The van der Waals surface area contributed by atoms with Crippen molar-refractivity contribution in [2.75, 3.05) is 12.5 Å². The molecule has 0 unspecified atom stereocenters. The second-order valence-corrected chi connectivity index (χ2v) is 17.0. The average molecular weight is 633 g/mol. The molecule has 4 saturated carbocycles. The van der Waals surface area contributed by atoms with Crippen molar-refractivity contribution in [3.63, 3.8) is 0 Å². The maximum atomic E-state index is 11.9. The third-order valence-electron chi connectivity index (χ3n) is 10.4. The minimum Gasteiger partial charge on any atom is -0.296 e. The van der Waals surface area contributed by atoms with Crippen LogP contribution in [0, 0.1) is 16.7 Å². The predicted octanol–water partition coefficient (Wildman–Crippen LogP) is 8.38. The van der Waals surface area contributed by atoms with E-state index in [1.54, 1.807) is 12.5 Å². The van der Waals surface area contributed by atoms with Crippen molar-refractivity contribution in [3.05, 3.63) is 35.6 Å². The average Bonchev–Trinajstić information content (AvgIpc) is 3.45. The Bertz CT molecular complexity index is 1360. The summed E-state index contributed by atoms with van der Waals surface area (Å²) in [7, 11) is -2.02. The molecule has 222 valence electrons. The van der Waals surface area contributed by atoms with Crippen LogP contribution in [0.2, 0.25) is 0 Å². The lowest BCUT2D eigenvalue weighted by Gasteiger charge is -2.46. The Morgan fingerprint density at radius 1 is 0.975 bits per heavy atom. The monoisotopic (exact) mass is 631 g/mol. The van der Waals surface area contributed by atoms with Gasteiger partial charge < -0.3 is 0 Å². The van der Waals surface area contributed by atoms with Crippen molar-refractivity contribution >= 4 is 46.7 Å². The first-order chi connectivity index (χ1) is 18.1. The van der Waals surface area contributed by atoms with Gasteiger partial charge in [-0.15, -0.1) is 0 Å². The summed E-state index contributed by atoms with van der Waals surface area (Å²) in [5.41, 5.74) is 5.95. The number of imidazole rings is 1. The molecule has 0 aliphatic heterocycles. The summed E-state index contributed by atoms with van der Waals surface area (Å²) >= 11 is 3.67. The fourth-order valence-corrected chi connectivity index (χ4v) is 9.01. The first-order valence-corrected chi connectivity index (χ1v) is 17.9. The van der Waals surface area contributed by atoms with Crippen LogP contribution in [0.1, 0.15) is 128 Å². The first kappa shape index (κ1) is 31.5. The molecule has 7 rings (SSSR count). The smallest absolute Gasteiger partial charge is 0.166 e. The van der Waals surface area contributed by atoms with Crippen LogP contribution in [-0.2, 0) is 20.7 Å². The maximum absolute atomic E-state index is 11.9. The van der Waals surface area contributed by atoms with Crippen LogP contribution in [0.15, 0.2) is 18.5 Å². The van der Waals surface area contributed by atoms with E-state index in [9.17, 15) is 9.00 Å². The number of carbonyl (C=O) groups excluding carboxylic acids is 1. The molecule has 0 bridgehead atoms. The second kappa shape index (κ2) is 12.0. The van der Waals surface area contributed by atoms with Gasteiger partial charge in [0, 0.05) is 46.8 Å². The van der Waals surface area contributed by atoms with Gasteiger partial charge in [0.1, 0.15) is 0 Å². The summed E-state index contributed by atoms with van der Waals surface area (Å²) in [6, 6.07) is 0. The SMILES string of the molecule is BrC1=CCc2ncc3nc(C4CCC5(CCC5)CC4)cn3c21.C.C.CS(C)(=O)=CC(=O)C1CCC2(CCC2)CC1. The van der Waals surface area contributed by atoms with Gasteiger partial charge in [0.05, 0.1) is 23.3 Å². The quantitative estimate of drug-likeness (QED) is 0.319. The number of ketones is 1. The van der Waals surface area contributed by atoms with Crippen LogP contribution < -0.4 is 0 Å². The molecule has 2 spiro atoms. The Labute approximate surface area is 251 Å². The van der Waals surface area contributed by atoms with Gasteiger partial charge in [0.2, 0.25) is 0 Å². The second-order valence-electron chi connectivity index (χ2n) is 13.3. The van der Waals surface area contributed by atoms with Gasteiger partial charge >= 0.3 is 0 Å². The number of carbonyl (C=O) groups is 1. The van der Waals surface area contributed by atoms with Gasteiger partial charge in [0.15, 0.2) is 11.4 Å². The standard InChI is InChI=1S/C18H20BrN3.C13H22O2S.2CH4/c19-13-2-3-14-17(13)22-11-15(21-16(22)10-20-14)12-4-8-18(9-5-12)6-1-7-18;1-16(2,15)10-12(14)11-4-8-13(9-5-11)6-3-7-13;;/h2,10-12H,1,3-9H2;10-11H,3-9H2,1-2H3;2*1H4. The van der Waals surface area contributed by atoms with E-state index in [0.29, 0.717) is 11.3 Å². The van der Waals surface area contributed by atoms with Gasteiger partial charge in [-0.05, 0) is 113 Å². The Morgan fingerprint density at radius 2 is 1.55 bits per heavy atom. The van der Waals surface area contributed by atoms with E-state index in [-0.39, 0.29) is 26.6 Å². The van der Waals surface area contributed by atoms with E-state index in [0.717, 1.165) is 40.5 Å². The van der Waals surface area contributed by atoms with Gasteiger partial charge in [-0.3, -0.25) is 18.4 Å². The van der Waals surface area contributed by atoms with E-state index < -0.39 is 9.52 Å². The van der Waals surface area contributed by atoms with Crippen molar-refractivity contribution in [2.24, 2.45) is 16.7 Å². The molecule has 4 fully saturated rings. The molecule has 7 heteroatoms. The molecule has 5 aliphatic carbocycles. The van der Waals surface area contributed by atoms with Gasteiger partial charge in [0.25, 0.3) is 0 Å². The van der Waals surface area contributed by atoms with E-state index in [1.807, 2.05) is 6.20 Å². The number of nitrogens with zero attached hydrogens (tertiary/aromatic N) is 3. The van der Waals surface area contributed by atoms with E-state index in [1.165, 1.54) is 93.8 Å². The summed E-state index contributed by atoms with van der Waals surface area (Å²) in [6.45, 7) is 0. The fourth-order valence-electron chi connectivity index (χ4n) is 7.67. The zero-order chi connectivity index (χ0) is 26.5. The third kappa shape index (κ3) is 6.30. The first-order valence-electron chi connectivity index (χ1n) is 14.7. The third-order valence-corrected chi connectivity index (χ3v) is 11.9. The van der Waals surface area contributed by atoms with E-state index >= 15 is 0 Å². The minimum absolute atomic E-state index is 0. The summed E-state index contributed by atoms with van der Waals surface area (Å²) in [5.74, 6) is 0.932. The van der Waals surface area contributed by atoms with Crippen molar-refractivity contribution in [3.8, 4) is 0 Å². The molecule has 0 radical (unpaired) electrons. The van der Waals surface area contributed by atoms with Gasteiger partial charge in [-0.2, -0.15) is 0 Å². The van der Waals surface area contributed by atoms with Crippen LogP contribution in [0.4, 0.5) is 0 Å². The molecule has 2 aromatic rings. The highest BCUT2D eigenvalue weighted by Crippen LogP contribution is 2.54. The molecule has 2 heterocycles. The lowest BCUT2D eigenvalue weighted by atomic mass is 9.59. The van der Waals surface area contributed by atoms with Crippen LogP contribution in [-0.4, -0.2) is 42.2 Å². The number of fused-ring (bicyclic) bond motifs is 3. The molecule has 40 heavy (non-hydrogen) atoms. The Hall–Kier alpha value is -1.47. The van der Waals surface area contributed by atoms with Gasteiger partial charge in [-0.1, -0.05) is 33.8 Å². The molecule has 5 aliphatic rings. The summed E-state index contributed by atoms with van der Waals surface area (Å²) in [6.07, 6.45) is 29.0. The van der Waals surface area contributed by atoms with Crippen LogP contribution >= 0.6 is 15.9 Å². The molecular formula is C33H50BrN3O2S. The number of hydrogen-bond donors (Lipinski definition) is 0. The van der Waals surface area contributed by atoms with E-state index in [4.69, 9.17) is 4.98 Å². The maximum Gasteiger partial charge on any atom is 0.166 e. The zero-order valence-corrected chi connectivity index (χ0v) is 25.4. The van der Waals surface area contributed by atoms with Crippen molar-refractivity contribution in [2.45, 2.75) is 117 Å². The van der Waals surface area contributed by atoms with Crippen LogP contribution in [0.5, 0.6) is 0 Å².